The largest absolute Gasteiger partial charge is 0.341 e. The summed E-state index contributed by atoms with van der Waals surface area (Å²) in [6.07, 6.45) is 12.9. The Bertz CT molecular complexity index is 2970. The van der Waals surface area contributed by atoms with Crippen LogP contribution in [-0.2, 0) is 38.8 Å². The van der Waals surface area contributed by atoms with Crippen LogP contribution >= 0.6 is 22.7 Å². The lowest BCUT2D eigenvalue weighted by Crippen LogP contribution is -1.99. The number of aryl methyl sites for hydroxylation is 4. The molecule has 11 rings (SSSR count). The molecule has 0 aliphatic heterocycles. The molecule has 4 aromatic heterocycles. The van der Waals surface area contributed by atoms with Gasteiger partial charge in [-0.3, -0.25) is 0 Å². The van der Waals surface area contributed by atoms with Crippen molar-refractivity contribution >= 4 is 88.7 Å². The summed E-state index contributed by atoms with van der Waals surface area (Å²) in [6.45, 7) is 6.26. The van der Waals surface area contributed by atoms with Crippen molar-refractivity contribution in [1.82, 2.24) is 9.13 Å². The van der Waals surface area contributed by atoms with E-state index in [2.05, 4.69) is 120 Å². The molecule has 0 spiro atoms. The number of nitriles is 2. The van der Waals surface area contributed by atoms with Crippen LogP contribution in [0.15, 0.2) is 131 Å². The Morgan fingerprint density at radius 2 is 0.887 bits per heavy atom. The Morgan fingerprint density at radius 3 is 1.29 bits per heavy atom. The average Bonchev–Trinajstić information content (AvgIpc) is 4.07. The predicted octanol–water partition coefficient (Wildman–Crippen LogP) is 14.4. The molecule has 0 unspecified atom stereocenters. The maximum atomic E-state index is 9.63. The molecule has 2 aliphatic rings. The number of aliphatic imine (C=N–C) groups is 2. The fourth-order valence-electron chi connectivity index (χ4n) is 9.15. The van der Waals surface area contributed by atoms with Gasteiger partial charge in [0.05, 0.1) is 11.1 Å². The zero-order chi connectivity index (χ0) is 42.4. The quantitative estimate of drug-likeness (QED) is 0.156. The highest BCUT2D eigenvalue weighted by molar-refractivity contribution is 7.16. The molecule has 0 bridgehead atoms. The van der Waals surface area contributed by atoms with Crippen molar-refractivity contribution < 1.29 is 0 Å². The van der Waals surface area contributed by atoms with Crippen LogP contribution in [0.4, 0.5) is 10.0 Å². The third kappa shape index (κ3) is 8.00. The first-order valence-electron chi connectivity index (χ1n) is 21.8. The summed E-state index contributed by atoms with van der Waals surface area (Å²) < 4.78 is 4.71. The van der Waals surface area contributed by atoms with Crippen LogP contribution in [-0.4, -0.2) is 21.6 Å². The summed E-state index contributed by atoms with van der Waals surface area (Å²) in [5.41, 5.74) is 11.3. The van der Waals surface area contributed by atoms with E-state index in [1.165, 1.54) is 90.2 Å². The van der Waals surface area contributed by atoms with Crippen LogP contribution in [0.1, 0.15) is 82.7 Å². The van der Waals surface area contributed by atoms with E-state index in [-0.39, 0.29) is 0 Å². The molecule has 0 amide bonds. The summed E-state index contributed by atoms with van der Waals surface area (Å²) in [6, 6.07) is 47.0. The molecule has 0 radical (unpaired) electrons. The third-order valence-electron chi connectivity index (χ3n) is 12.1. The highest BCUT2D eigenvalue weighted by Crippen LogP contribution is 2.41. The van der Waals surface area contributed by atoms with E-state index in [1.807, 2.05) is 48.8 Å². The van der Waals surface area contributed by atoms with Crippen LogP contribution in [0.2, 0.25) is 0 Å². The number of aromatic nitrogens is 2. The van der Waals surface area contributed by atoms with Crippen molar-refractivity contribution in [3.8, 4) is 12.1 Å². The van der Waals surface area contributed by atoms with E-state index in [4.69, 9.17) is 9.98 Å². The molecular weight excluding hydrogens is 797 g/mol. The van der Waals surface area contributed by atoms with Crippen molar-refractivity contribution in [2.75, 3.05) is 0 Å². The molecular formula is C54H48N6S2. The molecule has 306 valence electrons. The van der Waals surface area contributed by atoms with E-state index in [9.17, 15) is 10.5 Å². The van der Waals surface area contributed by atoms with Crippen LogP contribution in [0, 0.1) is 22.7 Å². The average molecular weight is 845 g/mol. The fraction of sp³-hybridized carbons (Fsp3) is 0.222. The smallest absolute Gasteiger partial charge is 0.134 e. The predicted molar refractivity (Wildman–Crippen MR) is 263 cm³/mol. The maximum Gasteiger partial charge on any atom is 0.134 e. The van der Waals surface area contributed by atoms with Gasteiger partial charge in [0.2, 0.25) is 0 Å². The summed E-state index contributed by atoms with van der Waals surface area (Å²) in [7, 11) is 0. The van der Waals surface area contributed by atoms with Crippen molar-refractivity contribution in [2.24, 2.45) is 9.98 Å². The minimum Gasteiger partial charge on any atom is -0.341 e. The number of nitrogens with zero attached hydrogens (tertiary/aromatic N) is 6. The molecule has 5 aromatic carbocycles. The second kappa shape index (κ2) is 18.6. The molecule has 4 heterocycles. The second-order valence-electron chi connectivity index (χ2n) is 15.8. The Balaban J connectivity index is 0.000000139. The molecule has 6 nitrogen and oxygen atoms in total. The third-order valence-corrected chi connectivity index (χ3v) is 14.5. The van der Waals surface area contributed by atoms with Crippen molar-refractivity contribution in [3.05, 3.63) is 164 Å². The van der Waals surface area contributed by atoms with Gasteiger partial charge in [-0.15, -0.1) is 22.7 Å². The SMILES string of the molecule is CCn1c2ccccc2c2cc(/C=N/c3sc4c(c3C#N)CCCC4)ccc21.CCn1c2ccccc2c2cc(/C=N/c3sc4c(c3C#N)CCCC4)ccc21.c1ccccc1. The maximum absolute atomic E-state index is 9.63. The standard InChI is InChI=1S/2C24H21N3S.C6H6/c2*1-2-27-21-9-5-3-7-17(21)19-13-16(11-12-22(19)27)15-26-24-20(14-25)18-8-4-6-10-23(18)28-24;1-2-4-6-5-3-1/h2*3,5,7,9,11-13,15H,2,4,6,8,10H2,1H3;1-6H/b2*26-15+;. The van der Waals surface area contributed by atoms with E-state index in [0.717, 1.165) is 71.0 Å². The molecule has 8 heteroatoms. The molecule has 9 aromatic rings. The lowest BCUT2D eigenvalue weighted by Gasteiger charge is -2.09. The zero-order valence-corrected chi connectivity index (χ0v) is 36.9. The normalized spacial score (nSPS) is 13.4. The van der Waals surface area contributed by atoms with Crippen LogP contribution in [0.25, 0.3) is 43.6 Å². The molecule has 0 saturated carbocycles. The Labute approximate surface area is 371 Å². The number of hydrogen-bond acceptors (Lipinski definition) is 6. The summed E-state index contributed by atoms with van der Waals surface area (Å²) in [4.78, 5) is 12.2. The second-order valence-corrected chi connectivity index (χ2v) is 17.9. The lowest BCUT2D eigenvalue weighted by molar-refractivity contribution is 0.696. The molecule has 0 N–H and O–H groups in total. The first kappa shape index (κ1) is 40.8. The van der Waals surface area contributed by atoms with Crippen LogP contribution < -0.4 is 0 Å². The molecule has 2 aliphatic carbocycles. The Morgan fingerprint density at radius 1 is 0.500 bits per heavy atom. The summed E-state index contributed by atoms with van der Waals surface area (Å²) in [5, 5.41) is 26.1. The minimum atomic E-state index is 0.791. The van der Waals surface area contributed by atoms with Gasteiger partial charge in [0.1, 0.15) is 22.1 Å². The number of thiophene rings is 2. The highest BCUT2D eigenvalue weighted by Gasteiger charge is 2.21. The van der Waals surface area contributed by atoms with Crippen molar-refractivity contribution in [2.45, 2.75) is 78.3 Å². The van der Waals surface area contributed by atoms with E-state index < -0.39 is 0 Å². The van der Waals surface area contributed by atoms with Crippen molar-refractivity contribution in [1.29, 1.82) is 10.5 Å². The summed E-state index contributed by atoms with van der Waals surface area (Å²) >= 11 is 3.39. The van der Waals surface area contributed by atoms with Gasteiger partial charge in [-0.1, -0.05) is 84.9 Å². The monoisotopic (exact) mass is 844 g/mol. The van der Waals surface area contributed by atoms with Gasteiger partial charge < -0.3 is 9.13 Å². The van der Waals surface area contributed by atoms with E-state index in [0.29, 0.717) is 0 Å². The van der Waals surface area contributed by atoms with E-state index >= 15 is 0 Å². The lowest BCUT2D eigenvalue weighted by atomic mass is 9.96. The fourth-order valence-corrected chi connectivity index (χ4v) is 11.5. The Hall–Kier alpha value is -6.58. The van der Waals surface area contributed by atoms with E-state index in [1.54, 1.807) is 22.7 Å². The minimum absolute atomic E-state index is 0.791. The van der Waals surface area contributed by atoms with Crippen LogP contribution in [0.3, 0.4) is 0 Å². The molecule has 0 fully saturated rings. The van der Waals surface area contributed by atoms with Crippen LogP contribution in [0.5, 0.6) is 0 Å². The first-order chi connectivity index (χ1) is 30.6. The Kier molecular flexibility index (Phi) is 12.2. The molecule has 0 saturated heterocycles. The van der Waals surface area contributed by atoms with Gasteiger partial charge in [0.25, 0.3) is 0 Å². The number of para-hydroxylation sites is 2. The van der Waals surface area contributed by atoms with Crippen molar-refractivity contribution in [3.63, 3.8) is 0 Å². The zero-order valence-electron chi connectivity index (χ0n) is 35.3. The first-order valence-corrected chi connectivity index (χ1v) is 23.4. The number of fused-ring (bicyclic) bond motifs is 8. The topological polar surface area (TPSA) is 82.2 Å². The van der Waals surface area contributed by atoms with Gasteiger partial charge in [-0.25, -0.2) is 9.98 Å². The number of benzene rings is 5. The summed E-state index contributed by atoms with van der Waals surface area (Å²) in [5.74, 6) is 0. The van der Waals surface area contributed by atoms with Gasteiger partial charge in [-0.2, -0.15) is 10.5 Å². The van der Waals surface area contributed by atoms with Gasteiger partial charge in [-0.05, 0) is 124 Å². The highest BCUT2D eigenvalue weighted by atomic mass is 32.1. The molecule has 62 heavy (non-hydrogen) atoms. The van der Waals surface area contributed by atoms with Gasteiger partial charge in [0, 0.05) is 78.9 Å². The van der Waals surface area contributed by atoms with Gasteiger partial charge >= 0.3 is 0 Å². The number of rotatable bonds is 6. The molecule has 0 atom stereocenters. The van der Waals surface area contributed by atoms with Gasteiger partial charge in [0.15, 0.2) is 0 Å². The number of hydrogen-bond donors (Lipinski definition) is 0.